The van der Waals surface area contributed by atoms with Gasteiger partial charge in [-0.15, -0.1) is 0 Å². The van der Waals surface area contributed by atoms with E-state index < -0.39 is 5.97 Å². The van der Waals surface area contributed by atoms with Crippen LogP contribution in [0.5, 0.6) is 5.75 Å². The summed E-state index contributed by atoms with van der Waals surface area (Å²) in [5.74, 6) is -0.848. The van der Waals surface area contributed by atoms with Gasteiger partial charge in [-0.25, -0.2) is 4.79 Å². The number of carbonyl (C=O) groups is 1. The molecule has 0 aliphatic heterocycles. The molecular formula is C14H11Cl2NO3. The third-order valence-electron chi connectivity index (χ3n) is 2.61. The molecule has 0 aromatic heterocycles. The van der Waals surface area contributed by atoms with E-state index in [1.165, 1.54) is 12.1 Å². The van der Waals surface area contributed by atoms with Crippen LogP contribution in [0, 0.1) is 0 Å². The number of halogens is 2. The second-order valence-corrected chi connectivity index (χ2v) is 4.91. The largest absolute Gasteiger partial charge is 0.488 e. The van der Waals surface area contributed by atoms with Crippen LogP contribution in [-0.2, 0) is 6.61 Å². The Morgan fingerprint density at radius 1 is 1.15 bits per heavy atom. The Labute approximate surface area is 125 Å². The van der Waals surface area contributed by atoms with Gasteiger partial charge in [-0.05, 0) is 35.9 Å². The van der Waals surface area contributed by atoms with Crippen LogP contribution in [0.3, 0.4) is 0 Å². The van der Waals surface area contributed by atoms with E-state index in [0.29, 0.717) is 15.7 Å². The molecule has 0 heterocycles. The van der Waals surface area contributed by atoms with Gasteiger partial charge in [0.25, 0.3) is 0 Å². The van der Waals surface area contributed by atoms with Crippen LogP contribution in [0.15, 0.2) is 36.4 Å². The van der Waals surface area contributed by atoms with Gasteiger partial charge in [0.05, 0.1) is 10.0 Å². The third-order valence-corrected chi connectivity index (χ3v) is 3.35. The van der Waals surface area contributed by atoms with E-state index >= 15 is 0 Å². The fourth-order valence-corrected chi connectivity index (χ4v) is 1.95. The zero-order chi connectivity index (χ0) is 14.7. The van der Waals surface area contributed by atoms with Gasteiger partial charge in [0, 0.05) is 5.69 Å². The molecule has 0 unspecified atom stereocenters. The first-order valence-electron chi connectivity index (χ1n) is 5.67. The van der Waals surface area contributed by atoms with Crippen molar-refractivity contribution >= 4 is 34.9 Å². The summed E-state index contributed by atoms with van der Waals surface area (Å²) in [5.41, 5.74) is 6.73. The molecule has 2 aromatic carbocycles. The Kier molecular flexibility index (Phi) is 4.37. The van der Waals surface area contributed by atoms with E-state index in [0.717, 1.165) is 5.56 Å². The summed E-state index contributed by atoms with van der Waals surface area (Å²) in [6, 6.07) is 9.54. The van der Waals surface area contributed by atoms with Crippen molar-refractivity contribution in [1.82, 2.24) is 0 Å². The molecule has 0 aliphatic rings. The molecule has 0 spiro atoms. The summed E-state index contributed by atoms with van der Waals surface area (Å²) in [4.78, 5) is 11.1. The number of benzene rings is 2. The molecule has 0 fully saturated rings. The fourth-order valence-electron chi connectivity index (χ4n) is 1.63. The Hall–Kier alpha value is -1.91. The lowest BCUT2D eigenvalue weighted by Crippen LogP contribution is -2.04. The van der Waals surface area contributed by atoms with Crippen molar-refractivity contribution in [1.29, 1.82) is 0 Å². The lowest BCUT2D eigenvalue weighted by atomic mass is 10.2. The highest BCUT2D eigenvalue weighted by Crippen LogP contribution is 2.25. The first kappa shape index (κ1) is 14.5. The second kappa shape index (κ2) is 6.03. The van der Waals surface area contributed by atoms with Gasteiger partial charge in [0.15, 0.2) is 0 Å². The molecule has 4 nitrogen and oxygen atoms in total. The number of nitrogens with two attached hydrogens (primary N) is 1. The van der Waals surface area contributed by atoms with E-state index in [2.05, 4.69) is 0 Å². The van der Waals surface area contributed by atoms with Crippen molar-refractivity contribution in [3.05, 3.63) is 57.6 Å². The normalized spacial score (nSPS) is 10.3. The third kappa shape index (κ3) is 3.35. The van der Waals surface area contributed by atoms with E-state index in [-0.39, 0.29) is 17.9 Å². The van der Waals surface area contributed by atoms with Crippen molar-refractivity contribution in [3.8, 4) is 5.75 Å². The Morgan fingerprint density at radius 3 is 2.55 bits per heavy atom. The zero-order valence-electron chi connectivity index (χ0n) is 10.3. The molecule has 0 saturated carbocycles. The summed E-state index contributed by atoms with van der Waals surface area (Å²) in [7, 11) is 0. The molecule has 0 atom stereocenters. The lowest BCUT2D eigenvalue weighted by Gasteiger charge is -2.10. The standard InChI is InChI=1S/C14H11Cl2NO3/c15-11-3-1-8(5-12(11)16)7-20-13-4-2-9(17)6-10(13)14(18)19/h1-6H,7,17H2,(H,18,19). The number of rotatable bonds is 4. The number of anilines is 1. The SMILES string of the molecule is Nc1ccc(OCc2ccc(Cl)c(Cl)c2)c(C(=O)O)c1. The number of hydrogen-bond donors (Lipinski definition) is 2. The number of ether oxygens (including phenoxy) is 1. The van der Waals surface area contributed by atoms with Gasteiger partial charge in [0.1, 0.15) is 17.9 Å². The molecule has 6 heteroatoms. The number of aromatic carboxylic acids is 1. The highest BCUT2D eigenvalue weighted by Gasteiger charge is 2.12. The van der Waals surface area contributed by atoms with Crippen molar-refractivity contribution in [3.63, 3.8) is 0 Å². The first-order chi connectivity index (χ1) is 9.47. The molecule has 2 aromatic rings. The molecule has 0 bridgehead atoms. The summed E-state index contributed by atoms with van der Waals surface area (Å²) in [6.07, 6.45) is 0. The average molecular weight is 312 g/mol. The summed E-state index contributed by atoms with van der Waals surface area (Å²) < 4.78 is 5.50. The number of carboxylic acids is 1. The highest BCUT2D eigenvalue weighted by molar-refractivity contribution is 6.42. The molecule has 0 amide bonds. The summed E-state index contributed by atoms with van der Waals surface area (Å²) >= 11 is 11.7. The minimum absolute atomic E-state index is 0.0186. The molecule has 3 N–H and O–H groups in total. The number of nitrogen functional groups attached to an aromatic ring is 1. The Balaban J connectivity index is 2.18. The van der Waals surface area contributed by atoms with Crippen LogP contribution < -0.4 is 10.5 Å². The fraction of sp³-hybridized carbons (Fsp3) is 0.0714. The Bertz CT molecular complexity index is 659. The lowest BCUT2D eigenvalue weighted by molar-refractivity contribution is 0.0692. The number of carboxylic acid groups (broad SMARTS) is 1. The molecule has 2 rings (SSSR count). The maximum Gasteiger partial charge on any atom is 0.339 e. The quantitative estimate of drug-likeness (QED) is 0.841. The minimum atomic E-state index is -1.10. The van der Waals surface area contributed by atoms with Crippen LogP contribution >= 0.6 is 23.2 Å². The highest BCUT2D eigenvalue weighted by atomic mass is 35.5. The maximum absolute atomic E-state index is 11.1. The molecule has 0 aliphatic carbocycles. The topological polar surface area (TPSA) is 72.5 Å². The van der Waals surface area contributed by atoms with Crippen LogP contribution in [0.4, 0.5) is 5.69 Å². The van der Waals surface area contributed by atoms with Crippen molar-refractivity contribution < 1.29 is 14.6 Å². The van der Waals surface area contributed by atoms with E-state index in [1.807, 2.05) is 0 Å². The van der Waals surface area contributed by atoms with Crippen LogP contribution in [0.1, 0.15) is 15.9 Å². The van der Waals surface area contributed by atoms with Crippen LogP contribution in [0.25, 0.3) is 0 Å². The summed E-state index contributed by atoms with van der Waals surface area (Å²) in [6.45, 7) is 0.182. The van der Waals surface area contributed by atoms with E-state index in [1.54, 1.807) is 24.3 Å². The average Bonchev–Trinajstić information content (AvgIpc) is 2.41. The van der Waals surface area contributed by atoms with Gasteiger partial charge in [-0.2, -0.15) is 0 Å². The van der Waals surface area contributed by atoms with Gasteiger partial charge in [0.2, 0.25) is 0 Å². The van der Waals surface area contributed by atoms with Gasteiger partial charge >= 0.3 is 5.97 Å². The first-order valence-corrected chi connectivity index (χ1v) is 6.42. The van der Waals surface area contributed by atoms with Crippen molar-refractivity contribution in [2.24, 2.45) is 0 Å². The second-order valence-electron chi connectivity index (χ2n) is 4.10. The van der Waals surface area contributed by atoms with Crippen molar-refractivity contribution in [2.45, 2.75) is 6.61 Å². The van der Waals surface area contributed by atoms with Crippen LogP contribution in [0.2, 0.25) is 10.0 Å². The predicted molar refractivity (Wildman–Crippen MR) is 78.6 cm³/mol. The minimum Gasteiger partial charge on any atom is -0.488 e. The maximum atomic E-state index is 11.1. The molecule has 0 radical (unpaired) electrons. The molecule has 20 heavy (non-hydrogen) atoms. The predicted octanol–water partition coefficient (Wildman–Crippen LogP) is 3.85. The molecule has 104 valence electrons. The van der Waals surface area contributed by atoms with Gasteiger partial charge in [-0.1, -0.05) is 29.3 Å². The van der Waals surface area contributed by atoms with Gasteiger partial charge < -0.3 is 15.6 Å². The zero-order valence-corrected chi connectivity index (χ0v) is 11.8. The Morgan fingerprint density at radius 2 is 1.90 bits per heavy atom. The smallest absolute Gasteiger partial charge is 0.339 e. The molecular weight excluding hydrogens is 301 g/mol. The summed E-state index contributed by atoms with van der Waals surface area (Å²) in [5, 5.41) is 9.97. The van der Waals surface area contributed by atoms with E-state index in [4.69, 9.17) is 38.8 Å². The van der Waals surface area contributed by atoms with E-state index in [9.17, 15) is 4.79 Å². The number of hydrogen-bond acceptors (Lipinski definition) is 3. The monoisotopic (exact) mass is 311 g/mol. The van der Waals surface area contributed by atoms with Crippen LogP contribution in [-0.4, -0.2) is 11.1 Å². The van der Waals surface area contributed by atoms with Gasteiger partial charge in [-0.3, -0.25) is 0 Å². The molecule has 0 saturated heterocycles. The van der Waals surface area contributed by atoms with Crippen molar-refractivity contribution in [2.75, 3.05) is 5.73 Å².